The van der Waals surface area contributed by atoms with Gasteiger partial charge in [-0.15, -0.1) is 0 Å². The van der Waals surface area contributed by atoms with E-state index in [4.69, 9.17) is 28.3 Å². The maximum Gasteiger partial charge on any atom is 0.284 e. The Bertz CT molecular complexity index is 1800. The van der Waals surface area contributed by atoms with Crippen LogP contribution in [-0.4, -0.2) is 55.0 Å². The van der Waals surface area contributed by atoms with E-state index in [0.717, 1.165) is 6.26 Å². The van der Waals surface area contributed by atoms with Gasteiger partial charge in [-0.25, -0.2) is 12.9 Å². The fourth-order valence-electron chi connectivity index (χ4n) is 4.15. The molecule has 0 spiro atoms. The van der Waals surface area contributed by atoms with Gasteiger partial charge in [-0.05, 0) is 24.6 Å². The van der Waals surface area contributed by atoms with Gasteiger partial charge in [0.1, 0.15) is 10.5 Å². The Hall–Kier alpha value is -3.48. The lowest BCUT2D eigenvalue weighted by Gasteiger charge is -2.41. The van der Waals surface area contributed by atoms with Crippen molar-refractivity contribution in [1.82, 2.24) is 33.8 Å². The second-order valence-corrected chi connectivity index (χ2v) is 10.8. The Labute approximate surface area is 208 Å². The van der Waals surface area contributed by atoms with Gasteiger partial charge in [0.15, 0.2) is 11.5 Å². The zero-order chi connectivity index (χ0) is 24.5. The van der Waals surface area contributed by atoms with Gasteiger partial charge in [0.2, 0.25) is 15.8 Å². The van der Waals surface area contributed by atoms with E-state index in [1.807, 2.05) is 23.1 Å². The highest BCUT2D eigenvalue weighted by atomic mass is 35.5. The van der Waals surface area contributed by atoms with Gasteiger partial charge in [-0.1, -0.05) is 41.4 Å². The standard InChI is InChI=1S/C21H16Cl2N8O3S/c1-35(33,34)20-25-17-14(23)11-24-31(17)21(26-20)28-9-8-15(28)18-27-29-10-7-13(22)16(29)19(32)30(18)12-5-3-2-4-6-12/h2-7,10-11,15H,8-9H2,1H3. The smallest absolute Gasteiger partial charge is 0.284 e. The summed E-state index contributed by atoms with van der Waals surface area (Å²) in [5, 5.41) is 9.08. The number of fused-ring (bicyclic) bond motifs is 2. The predicted molar refractivity (Wildman–Crippen MR) is 129 cm³/mol. The van der Waals surface area contributed by atoms with Crippen LogP contribution in [0.25, 0.3) is 16.9 Å². The normalized spacial score (nSPS) is 16.2. The molecule has 1 unspecified atom stereocenters. The lowest BCUT2D eigenvalue weighted by Crippen LogP contribution is -2.46. The molecule has 178 valence electrons. The van der Waals surface area contributed by atoms with E-state index in [1.54, 1.807) is 24.4 Å². The molecule has 0 saturated carbocycles. The minimum Gasteiger partial charge on any atom is -0.330 e. The van der Waals surface area contributed by atoms with Crippen LogP contribution in [0.5, 0.6) is 0 Å². The SMILES string of the molecule is CS(=O)(=O)c1nc(N2CCC2c2nn3ccc(Cl)c3c(=O)n2-c2ccccc2)n2ncc(Cl)c2n1. The van der Waals surface area contributed by atoms with Gasteiger partial charge >= 0.3 is 0 Å². The molecule has 0 radical (unpaired) electrons. The van der Waals surface area contributed by atoms with Crippen LogP contribution >= 0.6 is 23.2 Å². The maximum absolute atomic E-state index is 13.6. The number of rotatable bonds is 4. The first-order valence-electron chi connectivity index (χ1n) is 10.5. The summed E-state index contributed by atoms with van der Waals surface area (Å²) in [5.41, 5.74) is 0.727. The lowest BCUT2D eigenvalue weighted by molar-refractivity contribution is 0.412. The van der Waals surface area contributed by atoms with Gasteiger partial charge in [0, 0.05) is 19.0 Å². The van der Waals surface area contributed by atoms with Crippen molar-refractivity contribution in [3.8, 4) is 5.69 Å². The van der Waals surface area contributed by atoms with Gasteiger partial charge in [0.05, 0.1) is 22.9 Å². The Morgan fingerprint density at radius 1 is 1.06 bits per heavy atom. The molecule has 0 bridgehead atoms. The summed E-state index contributed by atoms with van der Waals surface area (Å²) >= 11 is 12.5. The van der Waals surface area contributed by atoms with E-state index in [0.29, 0.717) is 29.5 Å². The van der Waals surface area contributed by atoms with Crippen molar-refractivity contribution in [2.24, 2.45) is 0 Å². The highest BCUT2D eigenvalue weighted by molar-refractivity contribution is 7.90. The van der Waals surface area contributed by atoms with Crippen LogP contribution in [0.15, 0.2) is 58.7 Å². The molecule has 35 heavy (non-hydrogen) atoms. The molecule has 5 heterocycles. The van der Waals surface area contributed by atoms with Crippen LogP contribution in [0.2, 0.25) is 10.0 Å². The van der Waals surface area contributed by atoms with Crippen LogP contribution in [0.4, 0.5) is 5.95 Å². The molecule has 14 heteroatoms. The molecule has 0 aliphatic carbocycles. The second kappa shape index (κ2) is 7.77. The largest absolute Gasteiger partial charge is 0.330 e. The van der Waals surface area contributed by atoms with Crippen molar-refractivity contribution in [3.63, 3.8) is 0 Å². The average molecular weight is 531 g/mol. The molecular weight excluding hydrogens is 515 g/mol. The molecule has 1 aromatic carbocycles. The van der Waals surface area contributed by atoms with Crippen LogP contribution in [0, 0.1) is 0 Å². The number of nitrogens with zero attached hydrogens (tertiary/aromatic N) is 8. The van der Waals surface area contributed by atoms with E-state index in [2.05, 4.69) is 15.1 Å². The molecule has 1 fully saturated rings. The molecular formula is C21H16Cl2N8O3S. The quantitative estimate of drug-likeness (QED) is 0.347. The topological polar surface area (TPSA) is 120 Å². The summed E-state index contributed by atoms with van der Waals surface area (Å²) in [6.45, 7) is 0.520. The van der Waals surface area contributed by atoms with Crippen LogP contribution in [-0.2, 0) is 9.84 Å². The Morgan fingerprint density at radius 2 is 1.83 bits per heavy atom. The minimum absolute atomic E-state index is 0.170. The number of sulfone groups is 1. The first-order chi connectivity index (χ1) is 16.7. The van der Waals surface area contributed by atoms with Gasteiger partial charge in [0.25, 0.3) is 10.7 Å². The molecule has 11 nitrogen and oxygen atoms in total. The van der Waals surface area contributed by atoms with Crippen LogP contribution in [0.1, 0.15) is 18.3 Å². The predicted octanol–water partition coefficient (Wildman–Crippen LogP) is 2.58. The first-order valence-corrected chi connectivity index (χ1v) is 13.1. The first kappa shape index (κ1) is 22.0. The zero-order valence-corrected chi connectivity index (χ0v) is 20.4. The fraction of sp³-hybridized carbons (Fsp3) is 0.190. The van der Waals surface area contributed by atoms with Crippen molar-refractivity contribution in [3.05, 3.63) is 75.0 Å². The third-order valence-electron chi connectivity index (χ3n) is 5.87. The zero-order valence-electron chi connectivity index (χ0n) is 18.1. The van der Waals surface area contributed by atoms with Gasteiger partial charge in [-0.2, -0.15) is 24.7 Å². The van der Waals surface area contributed by atoms with Crippen molar-refractivity contribution < 1.29 is 8.42 Å². The summed E-state index contributed by atoms with van der Waals surface area (Å²) < 4.78 is 28.9. The van der Waals surface area contributed by atoms with E-state index in [9.17, 15) is 13.2 Å². The number of para-hydroxylation sites is 1. The number of hydrogen-bond acceptors (Lipinski definition) is 8. The van der Waals surface area contributed by atoms with Crippen LogP contribution in [0.3, 0.4) is 0 Å². The summed E-state index contributed by atoms with van der Waals surface area (Å²) in [4.78, 5) is 23.8. The highest BCUT2D eigenvalue weighted by Gasteiger charge is 2.38. The number of hydrogen-bond donors (Lipinski definition) is 0. The molecule has 1 saturated heterocycles. The molecule has 5 aromatic rings. The lowest BCUT2D eigenvalue weighted by atomic mass is 10.0. The summed E-state index contributed by atoms with van der Waals surface area (Å²) in [6, 6.07) is 10.3. The van der Waals surface area contributed by atoms with Crippen molar-refractivity contribution in [2.45, 2.75) is 17.6 Å². The molecule has 1 atom stereocenters. The molecule has 4 aromatic heterocycles. The van der Waals surface area contributed by atoms with Crippen molar-refractivity contribution in [2.75, 3.05) is 17.7 Å². The number of halogens is 2. The van der Waals surface area contributed by atoms with Crippen LogP contribution < -0.4 is 10.5 Å². The molecule has 1 aliphatic heterocycles. The van der Waals surface area contributed by atoms with E-state index < -0.39 is 15.9 Å². The van der Waals surface area contributed by atoms with Gasteiger partial charge < -0.3 is 4.90 Å². The Morgan fingerprint density at radius 3 is 2.51 bits per heavy atom. The van der Waals surface area contributed by atoms with E-state index in [-0.39, 0.29) is 32.9 Å². The molecule has 0 amide bonds. The van der Waals surface area contributed by atoms with E-state index >= 15 is 0 Å². The van der Waals surface area contributed by atoms with Crippen molar-refractivity contribution >= 4 is 50.2 Å². The Kier molecular flexibility index (Phi) is 4.88. The van der Waals surface area contributed by atoms with Crippen molar-refractivity contribution in [1.29, 1.82) is 0 Å². The minimum atomic E-state index is -3.73. The summed E-state index contributed by atoms with van der Waals surface area (Å²) in [7, 11) is -3.73. The third-order valence-corrected chi connectivity index (χ3v) is 7.29. The Balaban J connectivity index is 1.58. The number of benzene rings is 1. The maximum atomic E-state index is 13.6. The molecule has 0 N–H and O–H groups in total. The summed E-state index contributed by atoms with van der Waals surface area (Å²) in [6.07, 6.45) is 4.66. The fourth-order valence-corrected chi connectivity index (χ4v) is 5.04. The third kappa shape index (κ3) is 3.39. The summed E-state index contributed by atoms with van der Waals surface area (Å²) in [5.74, 6) is 0.677. The molecule has 1 aliphatic rings. The average Bonchev–Trinajstić information content (AvgIpc) is 3.36. The van der Waals surface area contributed by atoms with Gasteiger partial charge in [-0.3, -0.25) is 9.36 Å². The van der Waals surface area contributed by atoms with E-state index in [1.165, 1.54) is 19.8 Å². The number of aromatic nitrogens is 7. The number of anilines is 1. The molecule has 6 rings (SSSR count). The highest BCUT2D eigenvalue weighted by Crippen LogP contribution is 2.37. The second-order valence-electron chi connectivity index (χ2n) is 8.10. The monoisotopic (exact) mass is 530 g/mol.